The normalized spacial score (nSPS) is 12.1. The van der Waals surface area contributed by atoms with Crippen LogP contribution in [0.2, 0.25) is 16.6 Å². The van der Waals surface area contributed by atoms with Gasteiger partial charge in [0.25, 0.3) is 0 Å². The first-order valence-electron chi connectivity index (χ1n) is 8.13. The van der Waals surface area contributed by atoms with Crippen LogP contribution in [0.1, 0.15) is 67.7 Å². The van der Waals surface area contributed by atoms with Gasteiger partial charge in [-0.2, -0.15) is 0 Å². The fourth-order valence-corrected chi connectivity index (χ4v) is 9.34. The first kappa shape index (κ1) is 20.1. The lowest BCUT2D eigenvalue weighted by Crippen LogP contribution is -2.47. The van der Waals surface area contributed by atoms with Gasteiger partial charge in [-0.15, -0.1) is 0 Å². The zero-order valence-electron chi connectivity index (χ0n) is 14.6. The van der Waals surface area contributed by atoms with Crippen LogP contribution in [0.5, 0.6) is 0 Å². The molecule has 0 aromatic rings. The second-order valence-corrected chi connectivity index (χ2v) is 12.8. The molecule has 0 radical (unpaired) electrons. The average Bonchev–Trinajstić information content (AvgIpc) is 2.35. The smallest absolute Gasteiger partial charge is 0.200 e. The van der Waals surface area contributed by atoms with Crippen molar-refractivity contribution in [3.63, 3.8) is 0 Å². The highest BCUT2D eigenvalue weighted by Gasteiger charge is 2.44. The molecule has 20 heavy (non-hydrogen) atoms. The molecule has 1 nitrogen and oxygen atoms in total. The summed E-state index contributed by atoms with van der Waals surface area (Å²) in [6, 6.07) is 0. The Bertz CT molecular complexity index is 280. The number of unbranched alkanes of at least 4 members (excludes halogenated alkanes) is 1. The number of rotatable bonds is 9. The van der Waals surface area contributed by atoms with Gasteiger partial charge in [0.1, 0.15) is 0 Å². The molecule has 0 heterocycles. The summed E-state index contributed by atoms with van der Waals surface area (Å²) in [5.41, 5.74) is 1.98. The van der Waals surface area contributed by atoms with Gasteiger partial charge in [0, 0.05) is 18.8 Å². The van der Waals surface area contributed by atoms with Gasteiger partial charge in [-0.3, -0.25) is 0 Å². The van der Waals surface area contributed by atoms with Gasteiger partial charge in [-0.1, -0.05) is 72.6 Å². The minimum atomic E-state index is -1.68. The van der Waals surface area contributed by atoms with Gasteiger partial charge in [0.05, 0.1) is 0 Å². The molecule has 0 aliphatic carbocycles. The SMILES string of the molecule is CCCCSC#CCCO[Si](C(C)C)(C(C)C)C(C)C. The Morgan fingerprint density at radius 1 is 1.00 bits per heavy atom. The summed E-state index contributed by atoms with van der Waals surface area (Å²) in [6.07, 6.45) is 3.39. The van der Waals surface area contributed by atoms with E-state index in [0.29, 0.717) is 16.6 Å². The number of hydrogen-bond acceptors (Lipinski definition) is 2. The third-order valence-corrected chi connectivity index (χ3v) is 10.9. The summed E-state index contributed by atoms with van der Waals surface area (Å²) in [6.45, 7) is 17.0. The van der Waals surface area contributed by atoms with Crippen LogP contribution in [0.25, 0.3) is 0 Å². The van der Waals surface area contributed by atoms with Gasteiger partial charge in [0.2, 0.25) is 0 Å². The highest BCUT2D eigenvalue weighted by molar-refractivity contribution is 8.03. The lowest BCUT2D eigenvalue weighted by molar-refractivity contribution is 0.286. The Hall–Kier alpha value is 0.0869. The molecule has 0 aromatic carbocycles. The van der Waals surface area contributed by atoms with Gasteiger partial charge >= 0.3 is 0 Å². The lowest BCUT2D eigenvalue weighted by Gasteiger charge is -2.42. The molecule has 0 spiro atoms. The Labute approximate surface area is 132 Å². The summed E-state index contributed by atoms with van der Waals surface area (Å²) in [4.78, 5) is 0. The first-order chi connectivity index (χ1) is 9.39. The molecule has 3 heteroatoms. The molecule has 0 aromatic heterocycles. The molecule has 0 saturated heterocycles. The summed E-state index contributed by atoms with van der Waals surface area (Å²) >= 11 is 1.75. The zero-order valence-corrected chi connectivity index (χ0v) is 16.4. The predicted octanol–water partition coefficient (Wildman–Crippen LogP) is 6.06. The predicted molar refractivity (Wildman–Crippen MR) is 96.8 cm³/mol. The molecule has 0 saturated carbocycles. The van der Waals surface area contributed by atoms with E-state index in [1.54, 1.807) is 11.8 Å². The van der Waals surface area contributed by atoms with E-state index >= 15 is 0 Å². The van der Waals surface area contributed by atoms with Crippen molar-refractivity contribution in [2.24, 2.45) is 0 Å². The molecule has 0 atom stereocenters. The lowest BCUT2D eigenvalue weighted by atomic mass is 10.4. The summed E-state index contributed by atoms with van der Waals surface area (Å²) in [5.74, 6) is 4.40. The second-order valence-electron chi connectivity index (χ2n) is 6.40. The van der Waals surface area contributed by atoms with Crippen LogP contribution < -0.4 is 0 Å². The Morgan fingerprint density at radius 2 is 1.55 bits per heavy atom. The summed E-state index contributed by atoms with van der Waals surface area (Å²) in [7, 11) is -1.68. The molecular weight excluding hydrogens is 280 g/mol. The van der Waals surface area contributed by atoms with Crippen LogP contribution in [-0.2, 0) is 4.43 Å². The van der Waals surface area contributed by atoms with Gasteiger partial charge in [-0.05, 0) is 28.3 Å². The van der Waals surface area contributed by atoms with Gasteiger partial charge in [0.15, 0.2) is 8.32 Å². The van der Waals surface area contributed by atoms with Crippen LogP contribution in [0.3, 0.4) is 0 Å². The van der Waals surface area contributed by atoms with Crippen LogP contribution in [0.4, 0.5) is 0 Å². The topological polar surface area (TPSA) is 9.23 Å². The number of thioether (sulfide) groups is 1. The van der Waals surface area contributed by atoms with Crippen LogP contribution in [0.15, 0.2) is 0 Å². The van der Waals surface area contributed by atoms with E-state index in [-0.39, 0.29) is 0 Å². The van der Waals surface area contributed by atoms with Crippen LogP contribution >= 0.6 is 11.8 Å². The molecule has 0 N–H and O–H groups in total. The van der Waals surface area contributed by atoms with Crippen molar-refractivity contribution in [3.05, 3.63) is 0 Å². The monoisotopic (exact) mass is 314 g/mol. The molecule has 0 rings (SSSR count). The molecule has 118 valence electrons. The second kappa shape index (κ2) is 10.8. The van der Waals surface area contributed by atoms with E-state index in [1.807, 2.05) is 0 Å². The highest BCUT2D eigenvalue weighted by Crippen LogP contribution is 2.42. The van der Waals surface area contributed by atoms with Crippen molar-refractivity contribution in [1.29, 1.82) is 0 Å². The van der Waals surface area contributed by atoms with Crippen molar-refractivity contribution in [3.8, 4) is 11.2 Å². The maximum atomic E-state index is 6.47. The van der Waals surface area contributed by atoms with E-state index in [0.717, 1.165) is 18.8 Å². The molecule has 0 aliphatic rings. The third kappa shape index (κ3) is 6.24. The zero-order chi connectivity index (χ0) is 15.6. The van der Waals surface area contributed by atoms with E-state index in [1.165, 1.54) is 12.8 Å². The van der Waals surface area contributed by atoms with E-state index in [2.05, 4.69) is 59.6 Å². The number of hydrogen-bond donors (Lipinski definition) is 0. The van der Waals surface area contributed by atoms with E-state index in [9.17, 15) is 0 Å². The first-order valence-corrected chi connectivity index (χ1v) is 11.3. The molecule has 0 aliphatic heterocycles. The van der Waals surface area contributed by atoms with Crippen molar-refractivity contribution < 1.29 is 4.43 Å². The van der Waals surface area contributed by atoms with Crippen LogP contribution in [-0.4, -0.2) is 20.7 Å². The van der Waals surface area contributed by atoms with Crippen molar-refractivity contribution in [1.82, 2.24) is 0 Å². The average molecular weight is 315 g/mol. The quantitative estimate of drug-likeness (QED) is 0.290. The van der Waals surface area contributed by atoms with Gasteiger partial charge in [-0.25, -0.2) is 0 Å². The molecule has 0 fully saturated rings. The van der Waals surface area contributed by atoms with Crippen molar-refractivity contribution >= 4 is 20.1 Å². The Balaban J connectivity index is 4.29. The molecule has 0 amide bonds. The maximum Gasteiger partial charge on any atom is 0.200 e. The summed E-state index contributed by atoms with van der Waals surface area (Å²) < 4.78 is 6.47. The van der Waals surface area contributed by atoms with Crippen molar-refractivity contribution in [2.75, 3.05) is 12.4 Å². The summed E-state index contributed by atoms with van der Waals surface area (Å²) in [5, 5.41) is 3.20. The minimum Gasteiger partial charge on any atom is -0.415 e. The van der Waals surface area contributed by atoms with E-state index in [4.69, 9.17) is 4.43 Å². The Morgan fingerprint density at radius 3 is 2.00 bits per heavy atom. The molecule has 0 unspecified atom stereocenters. The largest absolute Gasteiger partial charge is 0.415 e. The molecular formula is C17H34OSSi. The maximum absolute atomic E-state index is 6.47. The van der Waals surface area contributed by atoms with Gasteiger partial charge < -0.3 is 4.43 Å². The minimum absolute atomic E-state index is 0.661. The Kier molecular flexibility index (Phi) is 10.8. The third-order valence-electron chi connectivity index (χ3n) is 4.03. The standard InChI is InChI=1S/C17H34OSSi/c1-8-9-13-19-14-11-10-12-18-20(15(2)3,16(4)5)17(6)7/h15-17H,8-10,12-13H2,1-7H3. The molecule has 0 bridgehead atoms. The fraction of sp³-hybridized carbons (Fsp3) is 0.882. The fourth-order valence-electron chi connectivity index (χ4n) is 3.15. The highest BCUT2D eigenvalue weighted by atomic mass is 32.2. The van der Waals surface area contributed by atoms with Crippen LogP contribution in [0, 0.1) is 11.2 Å². The van der Waals surface area contributed by atoms with E-state index < -0.39 is 8.32 Å². The van der Waals surface area contributed by atoms with Crippen molar-refractivity contribution in [2.45, 2.75) is 84.4 Å².